The van der Waals surface area contributed by atoms with Crippen molar-refractivity contribution >= 4 is 11.5 Å². The molecule has 6 heteroatoms. The van der Waals surface area contributed by atoms with E-state index in [0.717, 1.165) is 54.5 Å². The Morgan fingerprint density at radius 3 is 2.88 bits per heavy atom. The molecule has 25 heavy (non-hydrogen) atoms. The Labute approximate surface area is 147 Å². The third kappa shape index (κ3) is 3.35. The van der Waals surface area contributed by atoms with Gasteiger partial charge in [-0.15, -0.1) is 0 Å². The van der Waals surface area contributed by atoms with Crippen LogP contribution in [0.5, 0.6) is 0 Å². The lowest BCUT2D eigenvalue weighted by atomic mass is 9.94. The van der Waals surface area contributed by atoms with Gasteiger partial charge in [0.05, 0.1) is 17.1 Å². The molecule has 3 aromatic rings. The van der Waals surface area contributed by atoms with Gasteiger partial charge >= 0.3 is 0 Å². The first-order valence-electron chi connectivity index (χ1n) is 8.86. The number of fused-ring (bicyclic) bond motifs is 1. The zero-order chi connectivity index (χ0) is 17.4. The molecule has 0 radical (unpaired) electrons. The molecule has 4 heterocycles. The van der Waals surface area contributed by atoms with Crippen molar-refractivity contribution in [2.75, 3.05) is 18.8 Å². The van der Waals surface area contributed by atoms with Gasteiger partial charge in [-0.2, -0.15) is 9.61 Å². The van der Waals surface area contributed by atoms with Crippen LogP contribution < -0.4 is 5.73 Å². The first-order chi connectivity index (χ1) is 12.1. The average molecular weight is 336 g/mol. The minimum Gasteiger partial charge on any atom is -0.384 e. The summed E-state index contributed by atoms with van der Waals surface area (Å²) in [5.41, 5.74) is 11.2. The molecule has 6 nitrogen and oxygen atoms in total. The number of nitrogens with zero attached hydrogens (tertiary/aromatic N) is 5. The third-order valence-corrected chi connectivity index (χ3v) is 4.85. The lowest BCUT2D eigenvalue weighted by Crippen LogP contribution is -2.34. The predicted octanol–water partition coefficient (Wildman–Crippen LogP) is 2.70. The first kappa shape index (κ1) is 16.0. The van der Waals surface area contributed by atoms with Crippen molar-refractivity contribution in [3.05, 3.63) is 53.1 Å². The normalized spacial score (nSPS) is 18.7. The van der Waals surface area contributed by atoms with Crippen molar-refractivity contribution in [1.29, 1.82) is 0 Å². The Balaban J connectivity index is 1.54. The summed E-state index contributed by atoms with van der Waals surface area (Å²) in [4.78, 5) is 11.9. The lowest BCUT2D eigenvalue weighted by molar-refractivity contribution is 0.196. The zero-order valence-corrected chi connectivity index (χ0v) is 14.8. The Morgan fingerprint density at radius 1 is 1.16 bits per heavy atom. The topological polar surface area (TPSA) is 72.3 Å². The standard InChI is InChI=1S/C19H24N6/c1-13-5-3-7-16(21-13)12-24-8-4-6-15(11-24)17-10-18(20)25-19(22-17)9-14(2)23-25/h3,5,7,9-10,15H,4,6,8,11-12,20H2,1-2H3/t15-/m1/s1. The highest BCUT2D eigenvalue weighted by atomic mass is 15.3. The molecule has 0 spiro atoms. The second-order valence-corrected chi connectivity index (χ2v) is 7.01. The van der Waals surface area contributed by atoms with E-state index in [2.05, 4.69) is 27.1 Å². The van der Waals surface area contributed by atoms with Crippen LogP contribution in [0.25, 0.3) is 5.65 Å². The number of anilines is 1. The maximum Gasteiger partial charge on any atom is 0.157 e. The van der Waals surface area contributed by atoms with Gasteiger partial charge in [-0.3, -0.25) is 9.88 Å². The Bertz CT molecular complexity index is 900. The fourth-order valence-corrected chi connectivity index (χ4v) is 3.70. The summed E-state index contributed by atoms with van der Waals surface area (Å²) in [6.07, 6.45) is 2.31. The maximum atomic E-state index is 6.19. The molecule has 0 aromatic carbocycles. The van der Waals surface area contributed by atoms with Crippen molar-refractivity contribution in [3.8, 4) is 0 Å². The van der Waals surface area contributed by atoms with E-state index < -0.39 is 0 Å². The summed E-state index contributed by atoms with van der Waals surface area (Å²) in [6, 6.07) is 10.2. The van der Waals surface area contributed by atoms with Crippen molar-refractivity contribution in [2.45, 2.75) is 39.2 Å². The summed E-state index contributed by atoms with van der Waals surface area (Å²) < 4.78 is 1.72. The minimum absolute atomic E-state index is 0.404. The smallest absolute Gasteiger partial charge is 0.157 e. The molecule has 4 rings (SSSR count). The fourth-order valence-electron chi connectivity index (χ4n) is 3.70. The quantitative estimate of drug-likeness (QED) is 0.796. The summed E-state index contributed by atoms with van der Waals surface area (Å²) in [5.74, 6) is 1.06. The SMILES string of the molecule is Cc1cccc(CN2CCC[C@@H](c3cc(N)n4nc(C)cc4n3)C2)n1. The number of piperidine rings is 1. The lowest BCUT2D eigenvalue weighted by Gasteiger charge is -2.32. The Morgan fingerprint density at radius 2 is 2.04 bits per heavy atom. The molecule has 1 aliphatic rings. The second kappa shape index (κ2) is 6.44. The van der Waals surface area contributed by atoms with E-state index in [-0.39, 0.29) is 0 Å². The zero-order valence-electron chi connectivity index (χ0n) is 14.8. The molecule has 0 bridgehead atoms. The van der Waals surface area contributed by atoms with Gasteiger partial charge in [-0.25, -0.2) is 4.98 Å². The van der Waals surface area contributed by atoms with Crippen molar-refractivity contribution in [1.82, 2.24) is 24.5 Å². The monoisotopic (exact) mass is 336 g/mol. The van der Waals surface area contributed by atoms with Gasteiger partial charge in [0.25, 0.3) is 0 Å². The summed E-state index contributed by atoms with van der Waals surface area (Å²) in [7, 11) is 0. The highest BCUT2D eigenvalue weighted by Crippen LogP contribution is 2.28. The molecule has 0 amide bonds. The Kier molecular flexibility index (Phi) is 4.13. The van der Waals surface area contributed by atoms with Gasteiger partial charge in [0, 0.05) is 36.8 Å². The van der Waals surface area contributed by atoms with Crippen LogP contribution in [0.4, 0.5) is 5.82 Å². The van der Waals surface area contributed by atoms with Crippen LogP contribution in [0, 0.1) is 13.8 Å². The summed E-state index contributed by atoms with van der Waals surface area (Å²) in [6.45, 7) is 6.99. The number of hydrogen-bond acceptors (Lipinski definition) is 5. The van der Waals surface area contributed by atoms with Gasteiger partial charge in [0.2, 0.25) is 0 Å². The number of hydrogen-bond donors (Lipinski definition) is 1. The second-order valence-electron chi connectivity index (χ2n) is 7.01. The van der Waals surface area contributed by atoms with Crippen LogP contribution >= 0.6 is 0 Å². The molecular formula is C19H24N6. The van der Waals surface area contributed by atoms with E-state index >= 15 is 0 Å². The molecule has 3 aromatic heterocycles. The summed E-state index contributed by atoms with van der Waals surface area (Å²) in [5, 5.41) is 4.39. The van der Waals surface area contributed by atoms with E-state index in [1.807, 2.05) is 32.0 Å². The number of aryl methyl sites for hydroxylation is 2. The number of pyridine rings is 1. The number of nitrogens with two attached hydrogens (primary N) is 1. The maximum absolute atomic E-state index is 6.19. The van der Waals surface area contributed by atoms with Gasteiger partial charge < -0.3 is 5.73 Å². The molecule has 130 valence electrons. The fraction of sp³-hybridized carbons (Fsp3) is 0.421. The molecular weight excluding hydrogens is 312 g/mol. The predicted molar refractivity (Wildman–Crippen MR) is 98.4 cm³/mol. The molecule has 2 N–H and O–H groups in total. The van der Waals surface area contributed by atoms with E-state index in [1.165, 1.54) is 6.42 Å². The van der Waals surface area contributed by atoms with Crippen molar-refractivity contribution < 1.29 is 0 Å². The molecule has 1 fully saturated rings. The minimum atomic E-state index is 0.404. The largest absolute Gasteiger partial charge is 0.384 e. The first-order valence-corrected chi connectivity index (χ1v) is 8.86. The van der Waals surface area contributed by atoms with Gasteiger partial charge in [0.15, 0.2) is 5.65 Å². The molecule has 0 saturated carbocycles. The summed E-state index contributed by atoms with van der Waals surface area (Å²) >= 11 is 0. The van der Waals surface area contributed by atoms with Crippen molar-refractivity contribution in [2.24, 2.45) is 0 Å². The highest BCUT2D eigenvalue weighted by Gasteiger charge is 2.23. The van der Waals surface area contributed by atoms with E-state index in [1.54, 1.807) is 4.52 Å². The van der Waals surface area contributed by atoms with Gasteiger partial charge in [-0.05, 0) is 45.4 Å². The van der Waals surface area contributed by atoms with Crippen LogP contribution in [-0.2, 0) is 6.54 Å². The Hall–Kier alpha value is -2.47. The number of rotatable bonds is 3. The third-order valence-electron chi connectivity index (χ3n) is 4.85. The van der Waals surface area contributed by atoms with E-state index in [9.17, 15) is 0 Å². The molecule has 0 aliphatic carbocycles. The van der Waals surface area contributed by atoms with Crippen LogP contribution in [0.3, 0.4) is 0 Å². The molecule has 1 aliphatic heterocycles. The van der Waals surface area contributed by atoms with Crippen molar-refractivity contribution in [3.63, 3.8) is 0 Å². The van der Waals surface area contributed by atoms with Crippen LogP contribution in [0.1, 0.15) is 41.5 Å². The van der Waals surface area contributed by atoms with E-state index in [0.29, 0.717) is 11.7 Å². The molecule has 1 atom stereocenters. The number of nitrogen functional groups attached to an aromatic ring is 1. The molecule has 1 saturated heterocycles. The van der Waals surface area contributed by atoms with Crippen LogP contribution in [0.15, 0.2) is 30.3 Å². The van der Waals surface area contributed by atoms with Crippen LogP contribution in [-0.4, -0.2) is 37.6 Å². The number of likely N-dealkylation sites (tertiary alicyclic amines) is 1. The molecule has 0 unspecified atom stereocenters. The average Bonchev–Trinajstić information content (AvgIpc) is 2.96. The number of aromatic nitrogens is 4. The van der Waals surface area contributed by atoms with Gasteiger partial charge in [-0.1, -0.05) is 6.07 Å². The van der Waals surface area contributed by atoms with Gasteiger partial charge in [0.1, 0.15) is 5.82 Å². The highest BCUT2D eigenvalue weighted by molar-refractivity contribution is 5.48. The van der Waals surface area contributed by atoms with Crippen LogP contribution in [0.2, 0.25) is 0 Å². The van der Waals surface area contributed by atoms with E-state index in [4.69, 9.17) is 10.7 Å².